The number of ether oxygens (including phenoxy) is 1. The molecule has 0 radical (unpaired) electrons. The van der Waals surface area contributed by atoms with Crippen molar-refractivity contribution in [3.8, 4) is 0 Å². The normalized spacial score (nSPS) is 11.6. The van der Waals surface area contributed by atoms with Crippen LogP contribution < -0.4 is 16.6 Å². The standard InChI is InChI=1S/C27H24N4O5/c1-16-12-13-17(2)21(14-16)29-26(34)24(18-8-4-3-5-9-18)36-22(32)15-31-27(35)20-11-7-6-10-19(20)23(30-31)25(28)33/h3-14,24H,15H2,1-2H3,(H2,28,33)(H,29,34). The van der Waals surface area contributed by atoms with Gasteiger partial charge in [0.25, 0.3) is 17.4 Å². The minimum absolute atomic E-state index is 0.148. The van der Waals surface area contributed by atoms with Crippen molar-refractivity contribution in [1.29, 1.82) is 0 Å². The number of hydrogen-bond acceptors (Lipinski definition) is 6. The topological polar surface area (TPSA) is 133 Å². The predicted octanol–water partition coefficient (Wildman–Crippen LogP) is 3.04. The molecule has 3 N–H and O–H groups in total. The maximum Gasteiger partial charge on any atom is 0.329 e. The number of carbonyl (C=O) groups excluding carboxylic acids is 3. The summed E-state index contributed by atoms with van der Waals surface area (Å²) in [5, 5.41) is 7.27. The lowest BCUT2D eigenvalue weighted by Gasteiger charge is -2.19. The predicted molar refractivity (Wildman–Crippen MR) is 134 cm³/mol. The number of esters is 1. The summed E-state index contributed by atoms with van der Waals surface area (Å²) in [6.07, 6.45) is -1.29. The summed E-state index contributed by atoms with van der Waals surface area (Å²) in [7, 11) is 0. The van der Waals surface area contributed by atoms with Crippen molar-refractivity contribution in [3.63, 3.8) is 0 Å². The summed E-state index contributed by atoms with van der Waals surface area (Å²) < 4.78 is 6.36. The molecule has 0 saturated carbocycles. The van der Waals surface area contributed by atoms with Gasteiger partial charge in [-0.2, -0.15) is 5.10 Å². The molecule has 0 saturated heterocycles. The molecule has 1 heterocycles. The Kier molecular flexibility index (Phi) is 6.91. The van der Waals surface area contributed by atoms with Gasteiger partial charge in [0.2, 0.25) is 6.10 Å². The van der Waals surface area contributed by atoms with E-state index in [9.17, 15) is 19.2 Å². The van der Waals surface area contributed by atoms with Gasteiger partial charge in [-0.25, -0.2) is 4.68 Å². The van der Waals surface area contributed by atoms with Gasteiger partial charge in [-0.15, -0.1) is 0 Å². The average Bonchev–Trinajstić information content (AvgIpc) is 2.86. The highest BCUT2D eigenvalue weighted by atomic mass is 16.5. The van der Waals surface area contributed by atoms with Crippen molar-refractivity contribution in [3.05, 3.63) is 106 Å². The molecular weight excluding hydrogens is 460 g/mol. The van der Waals surface area contributed by atoms with Gasteiger partial charge in [0.05, 0.1) is 5.39 Å². The molecule has 182 valence electrons. The smallest absolute Gasteiger partial charge is 0.329 e. The quantitative estimate of drug-likeness (QED) is 0.387. The number of fused-ring (bicyclic) bond motifs is 1. The van der Waals surface area contributed by atoms with E-state index < -0.39 is 36.0 Å². The van der Waals surface area contributed by atoms with Crippen molar-refractivity contribution in [2.24, 2.45) is 5.73 Å². The van der Waals surface area contributed by atoms with E-state index in [4.69, 9.17) is 10.5 Å². The second-order valence-electron chi connectivity index (χ2n) is 8.31. The van der Waals surface area contributed by atoms with E-state index >= 15 is 0 Å². The Morgan fingerprint density at radius 3 is 2.33 bits per heavy atom. The van der Waals surface area contributed by atoms with Crippen LogP contribution in [0.15, 0.2) is 77.6 Å². The maximum absolute atomic E-state index is 13.2. The minimum atomic E-state index is -1.29. The fourth-order valence-electron chi connectivity index (χ4n) is 3.78. The van der Waals surface area contributed by atoms with Crippen LogP contribution >= 0.6 is 0 Å². The van der Waals surface area contributed by atoms with E-state index in [2.05, 4.69) is 10.4 Å². The molecule has 9 heteroatoms. The molecule has 4 aromatic rings. The Hall–Kier alpha value is -4.79. The van der Waals surface area contributed by atoms with Crippen LogP contribution in [0.2, 0.25) is 0 Å². The van der Waals surface area contributed by atoms with Gasteiger partial charge in [0.15, 0.2) is 5.69 Å². The lowest BCUT2D eigenvalue weighted by Crippen LogP contribution is -2.33. The summed E-state index contributed by atoms with van der Waals surface area (Å²) in [4.78, 5) is 51.0. The van der Waals surface area contributed by atoms with Crippen LogP contribution in [0.5, 0.6) is 0 Å². The van der Waals surface area contributed by atoms with Gasteiger partial charge in [-0.05, 0) is 37.1 Å². The minimum Gasteiger partial charge on any atom is -0.446 e. The number of aryl methyl sites for hydroxylation is 2. The molecule has 0 fully saturated rings. The van der Waals surface area contributed by atoms with E-state index in [1.165, 1.54) is 6.07 Å². The number of amides is 2. The van der Waals surface area contributed by atoms with Crippen LogP contribution in [0.1, 0.15) is 33.3 Å². The lowest BCUT2D eigenvalue weighted by atomic mass is 10.1. The molecule has 0 aliphatic carbocycles. The van der Waals surface area contributed by atoms with E-state index in [1.54, 1.807) is 48.5 Å². The third kappa shape index (κ3) is 5.15. The third-order valence-electron chi connectivity index (χ3n) is 5.62. The van der Waals surface area contributed by atoms with Crippen molar-refractivity contribution >= 4 is 34.2 Å². The number of primary amides is 1. The van der Waals surface area contributed by atoms with E-state index in [0.29, 0.717) is 11.3 Å². The highest BCUT2D eigenvalue weighted by Gasteiger charge is 2.26. The molecule has 3 aromatic carbocycles. The molecule has 9 nitrogen and oxygen atoms in total. The van der Waals surface area contributed by atoms with E-state index in [0.717, 1.165) is 15.8 Å². The number of benzene rings is 3. The molecule has 1 unspecified atom stereocenters. The molecule has 1 aromatic heterocycles. The molecule has 1 atom stereocenters. The highest BCUT2D eigenvalue weighted by Crippen LogP contribution is 2.23. The summed E-state index contributed by atoms with van der Waals surface area (Å²) in [6.45, 7) is 3.13. The van der Waals surface area contributed by atoms with Crippen molar-refractivity contribution in [1.82, 2.24) is 9.78 Å². The van der Waals surface area contributed by atoms with Crippen LogP contribution in [0.25, 0.3) is 10.8 Å². The number of rotatable bonds is 7. The zero-order valence-electron chi connectivity index (χ0n) is 19.7. The Bertz CT molecular complexity index is 1530. The van der Waals surface area contributed by atoms with Crippen molar-refractivity contribution in [2.45, 2.75) is 26.5 Å². The monoisotopic (exact) mass is 484 g/mol. The number of aromatic nitrogens is 2. The average molecular weight is 485 g/mol. The molecule has 0 aliphatic rings. The number of nitrogens with one attached hydrogen (secondary N) is 1. The van der Waals surface area contributed by atoms with E-state index in [1.807, 2.05) is 32.0 Å². The van der Waals surface area contributed by atoms with Crippen LogP contribution in [-0.2, 0) is 20.9 Å². The van der Waals surface area contributed by atoms with Crippen LogP contribution in [-0.4, -0.2) is 27.6 Å². The molecule has 36 heavy (non-hydrogen) atoms. The van der Waals surface area contributed by atoms with Crippen molar-refractivity contribution < 1.29 is 19.1 Å². The summed E-state index contributed by atoms with van der Waals surface area (Å²) in [5.41, 5.74) is 7.54. The fraction of sp³-hybridized carbons (Fsp3) is 0.148. The van der Waals surface area contributed by atoms with Gasteiger partial charge < -0.3 is 15.8 Å². The Labute approximate surface area is 206 Å². The van der Waals surface area contributed by atoms with Gasteiger partial charge in [0.1, 0.15) is 6.54 Å². The lowest BCUT2D eigenvalue weighted by molar-refractivity contribution is -0.155. The molecule has 0 aliphatic heterocycles. The van der Waals surface area contributed by atoms with Crippen LogP contribution in [0.4, 0.5) is 5.69 Å². The number of hydrogen-bond donors (Lipinski definition) is 2. The second kappa shape index (κ2) is 10.2. The number of nitrogens with two attached hydrogens (primary N) is 1. The summed E-state index contributed by atoms with van der Waals surface area (Å²) in [6, 6.07) is 20.5. The molecule has 2 amide bonds. The fourth-order valence-corrected chi connectivity index (χ4v) is 3.78. The summed E-state index contributed by atoms with van der Waals surface area (Å²) in [5.74, 6) is -2.29. The zero-order valence-corrected chi connectivity index (χ0v) is 19.7. The SMILES string of the molecule is Cc1ccc(C)c(NC(=O)C(OC(=O)Cn2nc(C(N)=O)c3ccccc3c2=O)c2ccccc2)c1. The van der Waals surface area contributed by atoms with Gasteiger partial charge >= 0.3 is 5.97 Å². The Morgan fingerprint density at radius 2 is 1.64 bits per heavy atom. The third-order valence-corrected chi connectivity index (χ3v) is 5.62. The second-order valence-corrected chi connectivity index (χ2v) is 8.31. The van der Waals surface area contributed by atoms with Crippen LogP contribution in [0, 0.1) is 13.8 Å². The molecule has 0 spiro atoms. The maximum atomic E-state index is 13.2. The number of anilines is 1. The van der Waals surface area contributed by atoms with Crippen molar-refractivity contribution in [2.75, 3.05) is 5.32 Å². The largest absolute Gasteiger partial charge is 0.446 e. The Balaban J connectivity index is 1.63. The first kappa shape index (κ1) is 24.3. The van der Waals surface area contributed by atoms with Gasteiger partial charge in [-0.3, -0.25) is 19.2 Å². The zero-order chi connectivity index (χ0) is 25.8. The first-order chi connectivity index (χ1) is 17.2. The summed E-state index contributed by atoms with van der Waals surface area (Å²) >= 11 is 0. The highest BCUT2D eigenvalue weighted by molar-refractivity contribution is 6.04. The van der Waals surface area contributed by atoms with Gasteiger partial charge in [-0.1, -0.05) is 60.7 Å². The first-order valence-corrected chi connectivity index (χ1v) is 11.2. The molecular formula is C27H24N4O5. The van der Waals surface area contributed by atoms with E-state index in [-0.39, 0.29) is 16.5 Å². The Morgan fingerprint density at radius 1 is 0.972 bits per heavy atom. The number of carbonyl (C=O) groups is 3. The van der Waals surface area contributed by atoms with Crippen LogP contribution in [0.3, 0.4) is 0 Å². The molecule has 4 rings (SSSR count). The molecule has 0 bridgehead atoms. The van der Waals surface area contributed by atoms with Gasteiger partial charge in [0, 0.05) is 16.6 Å². The first-order valence-electron chi connectivity index (χ1n) is 11.2. The number of nitrogens with zero attached hydrogens (tertiary/aromatic N) is 2.